The molecule has 0 aliphatic carbocycles. The van der Waals surface area contributed by atoms with Crippen molar-refractivity contribution in [3.8, 4) is 11.4 Å². The number of benzene rings is 2. The molecule has 1 amide bonds. The van der Waals surface area contributed by atoms with Crippen LogP contribution in [0.2, 0.25) is 0 Å². The molecule has 2 aromatic carbocycles. The molecule has 8 nitrogen and oxygen atoms in total. The second kappa shape index (κ2) is 8.58. The minimum atomic E-state index is -0.243. The summed E-state index contributed by atoms with van der Waals surface area (Å²) < 4.78 is 12.7. The quantitative estimate of drug-likeness (QED) is 0.444. The number of carbonyl (C=O) groups is 1. The molecule has 1 N–H and O–H groups in total. The molecule has 0 atom stereocenters. The highest BCUT2D eigenvalue weighted by Gasteiger charge is 2.16. The van der Waals surface area contributed by atoms with Gasteiger partial charge in [0.25, 0.3) is 0 Å². The summed E-state index contributed by atoms with van der Waals surface area (Å²) >= 11 is 1.34. The lowest BCUT2D eigenvalue weighted by Gasteiger charge is -2.09. The van der Waals surface area contributed by atoms with Crippen LogP contribution < -0.4 is 10.1 Å². The summed E-state index contributed by atoms with van der Waals surface area (Å²) in [6, 6.07) is 15.7. The molecule has 9 heteroatoms. The number of rotatable bonds is 7. The molecule has 0 unspecified atom stereocenters. The molecule has 0 radical (unpaired) electrons. The average Bonchev–Trinajstić information content (AvgIpc) is 3.37. The van der Waals surface area contributed by atoms with Gasteiger partial charge in [0.1, 0.15) is 5.75 Å². The number of fused-ring (bicyclic) bond motifs is 1. The number of amides is 1. The summed E-state index contributed by atoms with van der Waals surface area (Å²) in [4.78, 5) is 17.1. The van der Waals surface area contributed by atoms with Crippen molar-refractivity contribution in [2.45, 2.75) is 24.9 Å². The Morgan fingerprint density at radius 3 is 2.63 bits per heavy atom. The van der Waals surface area contributed by atoms with E-state index in [9.17, 15) is 4.79 Å². The van der Waals surface area contributed by atoms with Crippen molar-refractivity contribution < 1.29 is 13.9 Å². The molecule has 154 valence electrons. The van der Waals surface area contributed by atoms with Gasteiger partial charge in [-0.2, -0.15) is 0 Å². The van der Waals surface area contributed by atoms with Gasteiger partial charge in [-0.1, -0.05) is 42.8 Å². The summed E-state index contributed by atoms with van der Waals surface area (Å²) in [5, 5.41) is 11.1. The van der Waals surface area contributed by atoms with Crippen LogP contribution in [-0.4, -0.2) is 38.5 Å². The van der Waals surface area contributed by atoms with E-state index in [4.69, 9.17) is 14.1 Å². The first kappa shape index (κ1) is 20.0. The van der Waals surface area contributed by atoms with Crippen LogP contribution in [0.25, 0.3) is 16.7 Å². The van der Waals surface area contributed by atoms with Gasteiger partial charge in [0.05, 0.1) is 23.9 Å². The van der Waals surface area contributed by atoms with E-state index in [2.05, 4.69) is 15.5 Å². The second-order valence-electron chi connectivity index (χ2n) is 6.85. The van der Waals surface area contributed by atoms with Gasteiger partial charge < -0.3 is 9.15 Å². The Kier molecular flexibility index (Phi) is 5.71. The van der Waals surface area contributed by atoms with Crippen LogP contribution in [0.5, 0.6) is 5.75 Å². The van der Waals surface area contributed by atoms with Gasteiger partial charge >= 0.3 is 6.01 Å². The Bertz CT molecular complexity index is 1170. The summed E-state index contributed by atoms with van der Waals surface area (Å²) in [5.74, 6) is 1.27. The number of nitrogens with zero attached hydrogens (tertiary/aromatic N) is 4. The highest BCUT2D eigenvalue weighted by molar-refractivity contribution is 7.99. The van der Waals surface area contributed by atoms with Crippen LogP contribution in [-0.2, 0) is 4.79 Å². The van der Waals surface area contributed by atoms with Crippen LogP contribution in [0.3, 0.4) is 0 Å². The molecule has 0 saturated heterocycles. The van der Waals surface area contributed by atoms with Crippen molar-refractivity contribution >= 4 is 34.7 Å². The van der Waals surface area contributed by atoms with E-state index in [1.807, 2.05) is 66.9 Å². The maximum Gasteiger partial charge on any atom is 0.322 e. The molecule has 0 bridgehead atoms. The number of thioether (sulfide) groups is 1. The number of aromatic nitrogens is 4. The van der Waals surface area contributed by atoms with E-state index in [0.717, 1.165) is 22.5 Å². The number of ether oxygens (including phenoxy) is 1. The fourth-order valence-corrected chi connectivity index (χ4v) is 3.71. The van der Waals surface area contributed by atoms with Crippen LogP contribution in [0, 0.1) is 0 Å². The Labute approximate surface area is 177 Å². The number of anilines is 1. The normalized spacial score (nSPS) is 11.2. The smallest absolute Gasteiger partial charge is 0.322 e. The van der Waals surface area contributed by atoms with Crippen molar-refractivity contribution in [3.05, 3.63) is 54.4 Å². The monoisotopic (exact) mass is 423 g/mol. The summed E-state index contributed by atoms with van der Waals surface area (Å²) in [5.41, 5.74) is 2.75. The van der Waals surface area contributed by atoms with Gasteiger partial charge in [-0.3, -0.25) is 14.7 Å². The highest BCUT2D eigenvalue weighted by Crippen LogP contribution is 2.29. The first-order valence-electron chi connectivity index (χ1n) is 9.43. The van der Waals surface area contributed by atoms with Gasteiger partial charge in [0.15, 0.2) is 5.16 Å². The Hall–Kier alpha value is -3.33. The maximum absolute atomic E-state index is 12.4. The lowest BCUT2D eigenvalue weighted by Crippen LogP contribution is -2.14. The SMILES string of the molecule is COc1ccc(-n2c(SCC(=O)Nc3nnc(C(C)C)o3)nc3ccccc32)cc1. The first-order valence-corrected chi connectivity index (χ1v) is 10.4. The number of carbonyl (C=O) groups excluding carboxylic acids is 1. The topological polar surface area (TPSA) is 95.1 Å². The van der Waals surface area contributed by atoms with Crippen LogP contribution in [0.15, 0.2) is 58.1 Å². The Morgan fingerprint density at radius 2 is 1.93 bits per heavy atom. The van der Waals surface area contributed by atoms with Gasteiger partial charge in [-0.25, -0.2) is 4.98 Å². The number of methoxy groups -OCH3 is 1. The van der Waals surface area contributed by atoms with Gasteiger partial charge in [0, 0.05) is 11.6 Å². The van der Waals surface area contributed by atoms with Crippen molar-refractivity contribution in [3.63, 3.8) is 0 Å². The zero-order valence-electron chi connectivity index (χ0n) is 16.8. The van der Waals surface area contributed by atoms with Crippen molar-refractivity contribution in [2.75, 3.05) is 18.2 Å². The molecule has 0 aliphatic heterocycles. The third-order valence-electron chi connectivity index (χ3n) is 4.37. The van der Waals surface area contributed by atoms with E-state index in [0.29, 0.717) is 11.0 Å². The second-order valence-corrected chi connectivity index (χ2v) is 7.80. The molecular formula is C21H21N5O3S. The van der Waals surface area contributed by atoms with Crippen LogP contribution in [0.1, 0.15) is 25.7 Å². The van der Waals surface area contributed by atoms with E-state index in [1.165, 1.54) is 11.8 Å². The number of hydrogen-bond acceptors (Lipinski definition) is 7. The third kappa shape index (κ3) is 4.16. The average molecular weight is 423 g/mol. The number of nitrogens with one attached hydrogen (secondary N) is 1. The number of hydrogen-bond donors (Lipinski definition) is 1. The minimum Gasteiger partial charge on any atom is -0.497 e. The van der Waals surface area contributed by atoms with Crippen LogP contribution >= 0.6 is 11.8 Å². The zero-order valence-corrected chi connectivity index (χ0v) is 17.6. The Morgan fingerprint density at radius 1 is 1.17 bits per heavy atom. The fourth-order valence-electron chi connectivity index (χ4n) is 2.89. The van der Waals surface area contributed by atoms with Crippen molar-refractivity contribution in [1.82, 2.24) is 19.7 Å². The molecule has 0 fully saturated rings. The third-order valence-corrected chi connectivity index (χ3v) is 5.31. The predicted octanol–water partition coefficient (Wildman–Crippen LogP) is 4.27. The summed E-state index contributed by atoms with van der Waals surface area (Å²) in [6.45, 7) is 3.89. The minimum absolute atomic E-state index is 0.0990. The van der Waals surface area contributed by atoms with E-state index in [1.54, 1.807) is 7.11 Å². The maximum atomic E-state index is 12.4. The van der Waals surface area contributed by atoms with Crippen molar-refractivity contribution in [1.29, 1.82) is 0 Å². The van der Waals surface area contributed by atoms with Crippen LogP contribution in [0.4, 0.5) is 6.01 Å². The van der Waals surface area contributed by atoms with Gasteiger partial charge in [-0.15, -0.1) is 5.10 Å². The molecule has 0 spiro atoms. The number of para-hydroxylation sites is 2. The molecule has 4 rings (SSSR count). The lowest BCUT2D eigenvalue weighted by atomic mass is 10.2. The Balaban J connectivity index is 1.55. The van der Waals surface area contributed by atoms with Gasteiger partial charge in [-0.05, 0) is 36.4 Å². The molecule has 0 aliphatic rings. The molecule has 2 aromatic heterocycles. The van der Waals surface area contributed by atoms with E-state index in [-0.39, 0.29) is 23.6 Å². The lowest BCUT2D eigenvalue weighted by molar-refractivity contribution is -0.113. The first-order chi connectivity index (χ1) is 14.5. The van der Waals surface area contributed by atoms with Crippen molar-refractivity contribution in [2.24, 2.45) is 0 Å². The summed E-state index contributed by atoms with van der Waals surface area (Å²) in [6.07, 6.45) is 0. The largest absolute Gasteiger partial charge is 0.497 e. The zero-order chi connectivity index (χ0) is 21.1. The standard InChI is InChI=1S/C21H21N5O3S/c1-13(2)19-24-25-20(29-19)23-18(27)12-30-21-22-16-6-4-5-7-17(16)26(21)14-8-10-15(28-3)11-9-14/h4-11,13H,12H2,1-3H3,(H,23,25,27). The van der Waals surface area contributed by atoms with E-state index >= 15 is 0 Å². The van der Waals surface area contributed by atoms with E-state index < -0.39 is 0 Å². The molecule has 4 aromatic rings. The highest BCUT2D eigenvalue weighted by atomic mass is 32.2. The molecule has 30 heavy (non-hydrogen) atoms. The fraction of sp³-hybridized carbons (Fsp3) is 0.238. The predicted molar refractivity (Wildman–Crippen MR) is 115 cm³/mol. The van der Waals surface area contributed by atoms with Gasteiger partial charge in [0.2, 0.25) is 11.8 Å². The molecule has 2 heterocycles. The number of imidazole rings is 1. The molecular weight excluding hydrogens is 402 g/mol. The summed E-state index contributed by atoms with van der Waals surface area (Å²) in [7, 11) is 1.63. The molecule has 0 saturated carbocycles.